The molecule has 0 aromatic carbocycles. The highest BCUT2D eigenvalue weighted by atomic mass is 16.4. The lowest BCUT2D eigenvalue weighted by atomic mass is 10.1. The summed E-state index contributed by atoms with van der Waals surface area (Å²) in [6, 6.07) is 0. The van der Waals surface area contributed by atoms with Gasteiger partial charge in [0, 0.05) is 38.8 Å². The van der Waals surface area contributed by atoms with Gasteiger partial charge in [-0.15, -0.1) is 0 Å². The standard InChI is InChI=1S/C16H24N2O10/c19-11(3-5-17(7-13(21)22)8-14(23)24)1-2-12(20)4-6-18(9-15(25)26)10-16(27)28/h1-10H2,(H,21,22)(H,23,24)(H,25,26)(H,27,28). The summed E-state index contributed by atoms with van der Waals surface area (Å²) in [5.41, 5.74) is 0. The van der Waals surface area contributed by atoms with Crippen LogP contribution in [-0.2, 0) is 28.8 Å². The van der Waals surface area contributed by atoms with Crippen molar-refractivity contribution in [3.05, 3.63) is 0 Å². The van der Waals surface area contributed by atoms with Crippen LogP contribution in [0.3, 0.4) is 0 Å². The topological polar surface area (TPSA) is 190 Å². The van der Waals surface area contributed by atoms with Crippen LogP contribution in [0, 0.1) is 0 Å². The zero-order valence-corrected chi connectivity index (χ0v) is 15.2. The first-order valence-electron chi connectivity index (χ1n) is 8.34. The van der Waals surface area contributed by atoms with Gasteiger partial charge >= 0.3 is 23.9 Å². The van der Waals surface area contributed by atoms with E-state index in [2.05, 4.69) is 0 Å². The number of carbonyl (C=O) groups is 6. The first-order chi connectivity index (χ1) is 13.0. The molecule has 0 aliphatic carbocycles. The summed E-state index contributed by atoms with van der Waals surface area (Å²) in [5.74, 6) is -5.59. The van der Waals surface area contributed by atoms with Crippen LogP contribution in [0.25, 0.3) is 0 Å². The minimum absolute atomic E-state index is 0.0728. The summed E-state index contributed by atoms with van der Waals surface area (Å²) in [4.78, 5) is 68.5. The lowest BCUT2D eigenvalue weighted by Crippen LogP contribution is -2.36. The number of carboxylic acids is 4. The molecule has 0 heterocycles. The van der Waals surface area contributed by atoms with Gasteiger partial charge in [-0.05, 0) is 0 Å². The van der Waals surface area contributed by atoms with Crippen LogP contribution in [-0.4, -0.2) is 105 Å². The Bertz CT molecular complexity index is 520. The van der Waals surface area contributed by atoms with Crippen molar-refractivity contribution < 1.29 is 49.2 Å². The summed E-state index contributed by atoms with van der Waals surface area (Å²) < 4.78 is 0. The Morgan fingerprint density at radius 3 is 0.929 bits per heavy atom. The molecule has 4 N–H and O–H groups in total. The molecule has 0 aromatic rings. The van der Waals surface area contributed by atoms with E-state index in [4.69, 9.17) is 20.4 Å². The van der Waals surface area contributed by atoms with Crippen molar-refractivity contribution in [2.45, 2.75) is 25.7 Å². The van der Waals surface area contributed by atoms with Crippen LogP contribution in [0.5, 0.6) is 0 Å². The van der Waals surface area contributed by atoms with E-state index in [0.717, 1.165) is 9.80 Å². The van der Waals surface area contributed by atoms with Crippen molar-refractivity contribution >= 4 is 35.4 Å². The SMILES string of the molecule is O=C(O)CN(CCC(=O)CCC(=O)CCN(CC(=O)O)CC(=O)O)CC(=O)O. The second kappa shape index (κ2) is 13.3. The lowest BCUT2D eigenvalue weighted by molar-refractivity contribution is -0.144. The zero-order valence-electron chi connectivity index (χ0n) is 15.2. The maximum atomic E-state index is 11.8. The van der Waals surface area contributed by atoms with E-state index in [1.54, 1.807) is 0 Å². The van der Waals surface area contributed by atoms with Gasteiger partial charge in [0.2, 0.25) is 0 Å². The Labute approximate surface area is 160 Å². The monoisotopic (exact) mass is 404 g/mol. The molecule has 0 unspecified atom stereocenters. The van der Waals surface area contributed by atoms with Crippen molar-refractivity contribution in [1.29, 1.82) is 0 Å². The molecular weight excluding hydrogens is 380 g/mol. The Morgan fingerprint density at radius 1 is 0.464 bits per heavy atom. The number of rotatable bonds is 17. The van der Waals surface area contributed by atoms with E-state index in [1.165, 1.54) is 0 Å². The Balaban J connectivity index is 4.29. The highest BCUT2D eigenvalue weighted by Gasteiger charge is 2.17. The van der Waals surface area contributed by atoms with Crippen LogP contribution in [0.4, 0.5) is 0 Å². The van der Waals surface area contributed by atoms with Crippen LogP contribution in [0.1, 0.15) is 25.7 Å². The van der Waals surface area contributed by atoms with Gasteiger partial charge in [0.1, 0.15) is 11.6 Å². The van der Waals surface area contributed by atoms with E-state index >= 15 is 0 Å². The first-order valence-corrected chi connectivity index (χ1v) is 8.34. The molecule has 158 valence electrons. The van der Waals surface area contributed by atoms with Gasteiger partial charge in [0.15, 0.2) is 0 Å². The fraction of sp³-hybridized carbons (Fsp3) is 0.625. The maximum Gasteiger partial charge on any atom is 0.317 e. The van der Waals surface area contributed by atoms with Gasteiger partial charge in [-0.25, -0.2) is 0 Å². The number of nitrogens with zero attached hydrogens (tertiary/aromatic N) is 2. The van der Waals surface area contributed by atoms with Gasteiger partial charge in [-0.3, -0.25) is 38.6 Å². The van der Waals surface area contributed by atoms with Crippen LogP contribution >= 0.6 is 0 Å². The molecule has 0 aliphatic rings. The number of ketones is 2. The average molecular weight is 404 g/mol. The van der Waals surface area contributed by atoms with E-state index in [-0.39, 0.29) is 50.3 Å². The highest BCUT2D eigenvalue weighted by molar-refractivity contribution is 5.86. The van der Waals surface area contributed by atoms with Gasteiger partial charge in [-0.1, -0.05) is 0 Å². The van der Waals surface area contributed by atoms with Gasteiger partial charge in [0.25, 0.3) is 0 Å². The third-order valence-corrected chi connectivity index (χ3v) is 3.53. The summed E-state index contributed by atoms with van der Waals surface area (Å²) >= 11 is 0. The van der Waals surface area contributed by atoms with Crippen molar-refractivity contribution in [3.63, 3.8) is 0 Å². The number of carboxylic acid groups (broad SMARTS) is 4. The normalized spacial score (nSPS) is 10.8. The van der Waals surface area contributed by atoms with Gasteiger partial charge in [0.05, 0.1) is 26.2 Å². The average Bonchev–Trinajstić information content (AvgIpc) is 2.53. The number of aliphatic carboxylic acids is 4. The lowest BCUT2D eigenvalue weighted by Gasteiger charge is -2.17. The predicted octanol–water partition coefficient (Wildman–Crippen LogP) is -1.37. The summed E-state index contributed by atoms with van der Waals surface area (Å²) in [6.07, 6.45) is -0.467. The van der Waals surface area contributed by atoms with Crippen molar-refractivity contribution in [3.8, 4) is 0 Å². The van der Waals surface area contributed by atoms with Crippen molar-refractivity contribution in [2.24, 2.45) is 0 Å². The smallest absolute Gasteiger partial charge is 0.317 e. The van der Waals surface area contributed by atoms with Crippen LogP contribution in [0.15, 0.2) is 0 Å². The third-order valence-electron chi connectivity index (χ3n) is 3.53. The number of hydrogen-bond donors (Lipinski definition) is 4. The van der Waals surface area contributed by atoms with Gasteiger partial charge < -0.3 is 20.4 Å². The Hall–Kier alpha value is -2.86. The number of hydrogen-bond acceptors (Lipinski definition) is 8. The molecule has 0 rings (SSSR count). The predicted molar refractivity (Wildman–Crippen MR) is 91.9 cm³/mol. The van der Waals surface area contributed by atoms with E-state index in [9.17, 15) is 28.8 Å². The fourth-order valence-electron chi connectivity index (χ4n) is 2.29. The second-order valence-electron chi connectivity index (χ2n) is 6.07. The molecule has 0 bridgehead atoms. The molecule has 12 heteroatoms. The van der Waals surface area contributed by atoms with E-state index in [0.29, 0.717) is 0 Å². The minimum atomic E-state index is -1.23. The molecule has 0 atom stereocenters. The summed E-state index contributed by atoms with van der Waals surface area (Å²) in [6.45, 7) is -2.25. The first kappa shape index (κ1) is 25.1. The second-order valence-corrected chi connectivity index (χ2v) is 6.07. The maximum absolute atomic E-state index is 11.8. The van der Waals surface area contributed by atoms with E-state index in [1.807, 2.05) is 0 Å². The molecule has 28 heavy (non-hydrogen) atoms. The highest BCUT2D eigenvalue weighted by Crippen LogP contribution is 2.03. The number of Topliss-reactive ketones (excluding diaryl/α,β-unsaturated/α-hetero) is 2. The molecule has 0 spiro atoms. The molecule has 0 aliphatic heterocycles. The summed E-state index contributed by atoms with van der Waals surface area (Å²) in [7, 11) is 0. The van der Waals surface area contributed by atoms with Gasteiger partial charge in [-0.2, -0.15) is 0 Å². The molecule has 0 radical (unpaired) electrons. The molecule has 12 nitrogen and oxygen atoms in total. The minimum Gasteiger partial charge on any atom is -0.480 e. The summed E-state index contributed by atoms with van der Waals surface area (Å²) in [5, 5.41) is 34.8. The Kier molecular flexibility index (Phi) is 12.0. The zero-order chi connectivity index (χ0) is 21.7. The third kappa shape index (κ3) is 14.3. The number of carbonyl (C=O) groups excluding carboxylic acids is 2. The van der Waals surface area contributed by atoms with E-state index < -0.39 is 50.1 Å². The van der Waals surface area contributed by atoms with Crippen LogP contribution < -0.4 is 0 Å². The molecular formula is C16H24N2O10. The molecule has 0 amide bonds. The Morgan fingerprint density at radius 2 is 0.714 bits per heavy atom. The molecule has 0 saturated carbocycles. The molecule has 0 saturated heterocycles. The van der Waals surface area contributed by atoms with Crippen LogP contribution in [0.2, 0.25) is 0 Å². The van der Waals surface area contributed by atoms with Crippen molar-refractivity contribution in [2.75, 3.05) is 39.3 Å². The fourth-order valence-corrected chi connectivity index (χ4v) is 2.29. The molecule has 0 fully saturated rings. The van der Waals surface area contributed by atoms with Crippen molar-refractivity contribution in [1.82, 2.24) is 9.80 Å². The largest absolute Gasteiger partial charge is 0.480 e. The molecule has 0 aromatic heterocycles. The quantitative estimate of drug-likeness (QED) is 0.223.